The molecule has 7 heteroatoms. The number of pyridine rings is 1. The van der Waals surface area contributed by atoms with Crippen LogP contribution in [0.5, 0.6) is 0 Å². The van der Waals surface area contributed by atoms with E-state index in [1.54, 1.807) is 18.6 Å². The van der Waals surface area contributed by atoms with Crippen LogP contribution in [0.1, 0.15) is 52.9 Å². The van der Waals surface area contributed by atoms with Gasteiger partial charge in [0, 0.05) is 25.4 Å². The molecule has 1 aliphatic heterocycles. The average Bonchev–Trinajstić information content (AvgIpc) is 3.55. The summed E-state index contributed by atoms with van der Waals surface area (Å²) in [6.07, 6.45) is 9.55. The Kier molecular flexibility index (Phi) is 5.47. The van der Waals surface area contributed by atoms with Crippen molar-refractivity contribution in [1.82, 2.24) is 25.4 Å². The van der Waals surface area contributed by atoms with Crippen LogP contribution in [-0.4, -0.2) is 32.6 Å². The monoisotopic (exact) mass is 429 g/mol. The maximum Gasteiger partial charge on any atom is 0.255 e. The minimum atomic E-state index is -0.449. The van der Waals surface area contributed by atoms with Crippen LogP contribution in [0.25, 0.3) is 0 Å². The standard InChI is InChI=1S/C25H27N5O2/c31-23(27-15-18-7-6-12-26-14-18)21-16-28-30-17-20(13-22(21)30)29-24(32)25(10-4-5-11-25)19-8-2-1-3-9-19/h1-3,6-9,12,14,16,20H,4-5,10-11,13,15,17H2,(H,27,31)(H,29,32). The number of carbonyl (C=O) groups excluding carboxylic acids is 2. The predicted molar refractivity (Wildman–Crippen MR) is 120 cm³/mol. The highest BCUT2D eigenvalue weighted by Crippen LogP contribution is 2.41. The lowest BCUT2D eigenvalue weighted by molar-refractivity contribution is -0.127. The SMILES string of the molecule is O=C(NCc1cccnc1)c1cnn2c1CC(NC(=O)C1(c3ccccc3)CCCC1)C2. The third-order valence-corrected chi connectivity index (χ3v) is 6.76. The fourth-order valence-electron chi connectivity index (χ4n) is 5.06. The van der Waals surface area contributed by atoms with Gasteiger partial charge < -0.3 is 10.6 Å². The molecule has 2 N–H and O–H groups in total. The molecule has 2 aromatic heterocycles. The molecule has 3 heterocycles. The number of hydrogen-bond acceptors (Lipinski definition) is 4. The van der Waals surface area contributed by atoms with Gasteiger partial charge in [0.25, 0.3) is 5.91 Å². The van der Waals surface area contributed by atoms with Gasteiger partial charge in [0.2, 0.25) is 5.91 Å². The van der Waals surface area contributed by atoms with E-state index in [2.05, 4.69) is 32.8 Å². The fourth-order valence-corrected chi connectivity index (χ4v) is 5.06. The molecule has 0 radical (unpaired) electrons. The first-order valence-corrected chi connectivity index (χ1v) is 11.2. The number of nitrogens with one attached hydrogen (secondary N) is 2. The van der Waals surface area contributed by atoms with Crippen molar-refractivity contribution in [1.29, 1.82) is 0 Å². The second-order valence-corrected chi connectivity index (χ2v) is 8.76. The highest BCUT2D eigenvalue weighted by atomic mass is 16.2. The third kappa shape index (κ3) is 3.79. The number of benzene rings is 1. The van der Waals surface area contributed by atoms with Crippen molar-refractivity contribution >= 4 is 11.8 Å². The van der Waals surface area contributed by atoms with Crippen LogP contribution in [0.15, 0.2) is 61.1 Å². The van der Waals surface area contributed by atoms with Crippen molar-refractivity contribution in [2.45, 2.75) is 56.7 Å². The molecule has 0 saturated heterocycles. The molecule has 3 aromatic rings. The molecule has 1 aromatic carbocycles. The summed E-state index contributed by atoms with van der Waals surface area (Å²) in [5.41, 5.74) is 3.04. The predicted octanol–water partition coefficient (Wildman–Crippen LogP) is 2.76. The molecule has 32 heavy (non-hydrogen) atoms. The Balaban J connectivity index is 1.25. The van der Waals surface area contributed by atoms with Gasteiger partial charge in [-0.2, -0.15) is 5.10 Å². The van der Waals surface area contributed by atoms with Crippen LogP contribution in [0, 0.1) is 0 Å². The first-order chi connectivity index (χ1) is 15.7. The third-order valence-electron chi connectivity index (χ3n) is 6.76. The van der Waals surface area contributed by atoms with E-state index in [0.29, 0.717) is 25.1 Å². The van der Waals surface area contributed by atoms with Crippen LogP contribution in [-0.2, 0) is 29.7 Å². The number of nitrogens with zero attached hydrogens (tertiary/aromatic N) is 3. The molecule has 1 saturated carbocycles. The lowest BCUT2D eigenvalue weighted by Crippen LogP contribution is -2.47. The van der Waals surface area contributed by atoms with Gasteiger partial charge in [0.15, 0.2) is 0 Å². The Bertz CT molecular complexity index is 1100. The zero-order chi connectivity index (χ0) is 22.0. The van der Waals surface area contributed by atoms with Crippen LogP contribution in [0.2, 0.25) is 0 Å². The molecule has 0 spiro atoms. The normalized spacial score (nSPS) is 18.8. The molecular weight excluding hydrogens is 402 g/mol. The zero-order valence-corrected chi connectivity index (χ0v) is 18.0. The molecule has 1 atom stereocenters. The van der Waals surface area contributed by atoms with Crippen LogP contribution in [0.3, 0.4) is 0 Å². The Morgan fingerprint density at radius 1 is 1.06 bits per heavy atom. The van der Waals surface area contributed by atoms with E-state index >= 15 is 0 Å². The Labute approximate surface area is 187 Å². The van der Waals surface area contributed by atoms with Crippen molar-refractivity contribution in [3.05, 3.63) is 83.4 Å². The fraction of sp³-hybridized carbons (Fsp3) is 0.360. The van der Waals surface area contributed by atoms with Gasteiger partial charge >= 0.3 is 0 Å². The maximum atomic E-state index is 13.4. The first kappa shape index (κ1) is 20.4. The Morgan fingerprint density at radius 3 is 2.62 bits per heavy atom. The molecule has 1 unspecified atom stereocenters. The highest BCUT2D eigenvalue weighted by molar-refractivity contribution is 5.95. The van der Waals surface area contributed by atoms with E-state index in [1.165, 1.54) is 0 Å². The van der Waals surface area contributed by atoms with Gasteiger partial charge in [-0.1, -0.05) is 49.2 Å². The van der Waals surface area contributed by atoms with Crippen molar-refractivity contribution in [3.63, 3.8) is 0 Å². The molecule has 0 bridgehead atoms. The highest BCUT2D eigenvalue weighted by Gasteiger charge is 2.43. The van der Waals surface area contributed by atoms with E-state index in [4.69, 9.17) is 0 Å². The number of rotatable bonds is 6. The zero-order valence-electron chi connectivity index (χ0n) is 18.0. The Hall–Kier alpha value is -3.48. The molecular formula is C25H27N5O2. The number of aromatic nitrogens is 3. The molecule has 5 rings (SSSR count). The lowest BCUT2D eigenvalue weighted by Gasteiger charge is -2.30. The van der Waals surface area contributed by atoms with E-state index < -0.39 is 5.41 Å². The van der Waals surface area contributed by atoms with Crippen molar-refractivity contribution < 1.29 is 9.59 Å². The van der Waals surface area contributed by atoms with Crippen molar-refractivity contribution in [2.24, 2.45) is 0 Å². The van der Waals surface area contributed by atoms with E-state index in [9.17, 15) is 9.59 Å². The summed E-state index contributed by atoms with van der Waals surface area (Å²) >= 11 is 0. The maximum absolute atomic E-state index is 13.4. The summed E-state index contributed by atoms with van der Waals surface area (Å²) in [4.78, 5) is 30.3. The number of carbonyl (C=O) groups is 2. The van der Waals surface area contributed by atoms with E-state index in [-0.39, 0.29) is 17.9 Å². The quantitative estimate of drug-likeness (QED) is 0.631. The van der Waals surface area contributed by atoms with Gasteiger partial charge in [-0.15, -0.1) is 0 Å². The molecule has 2 aliphatic rings. The minimum Gasteiger partial charge on any atom is -0.350 e. The number of amides is 2. The summed E-state index contributed by atoms with van der Waals surface area (Å²) in [5.74, 6) is -0.0573. The summed E-state index contributed by atoms with van der Waals surface area (Å²) in [7, 11) is 0. The van der Waals surface area contributed by atoms with Gasteiger partial charge in [-0.05, 0) is 30.0 Å². The molecule has 7 nitrogen and oxygen atoms in total. The second kappa shape index (κ2) is 8.57. The topological polar surface area (TPSA) is 88.9 Å². The van der Waals surface area contributed by atoms with Gasteiger partial charge in [-0.25, -0.2) is 0 Å². The first-order valence-electron chi connectivity index (χ1n) is 11.2. The Morgan fingerprint density at radius 2 is 1.88 bits per heavy atom. The van der Waals surface area contributed by atoms with Gasteiger partial charge in [-0.3, -0.25) is 19.3 Å². The molecule has 1 fully saturated rings. The van der Waals surface area contributed by atoms with Crippen LogP contribution < -0.4 is 10.6 Å². The van der Waals surface area contributed by atoms with E-state index in [1.807, 2.05) is 35.0 Å². The minimum absolute atomic E-state index is 0.0581. The average molecular weight is 430 g/mol. The molecule has 164 valence electrons. The lowest BCUT2D eigenvalue weighted by atomic mass is 9.78. The number of fused-ring (bicyclic) bond motifs is 1. The summed E-state index contributed by atoms with van der Waals surface area (Å²) in [6, 6.07) is 13.8. The molecule has 2 amide bonds. The summed E-state index contributed by atoms with van der Waals surface area (Å²) in [5, 5.41) is 10.6. The van der Waals surface area contributed by atoms with Crippen LogP contribution >= 0.6 is 0 Å². The summed E-state index contributed by atoms with van der Waals surface area (Å²) in [6.45, 7) is 0.999. The van der Waals surface area contributed by atoms with Crippen molar-refractivity contribution in [3.8, 4) is 0 Å². The molecule has 1 aliphatic carbocycles. The number of hydrogen-bond donors (Lipinski definition) is 2. The smallest absolute Gasteiger partial charge is 0.255 e. The van der Waals surface area contributed by atoms with Gasteiger partial charge in [0.05, 0.1) is 35.5 Å². The van der Waals surface area contributed by atoms with Crippen LogP contribution in [0.4, 0.5) is 0 Å². The summed E-state index contributed by atoms with van der Waals surface area (Å²) < 4.78 is 1.84. The van der Waals surface area contributed by atoms with E-state index in [0.717, 1.165) is 42.5 Å². The second-order valence-electron chi connectivity index (χ2n) is 8.76. The van der Waals surface area contributed by atoms with Gasteiger partial charge in [0.1, 0.15) is 0 Å². The largest absolute Gasteiger partial charge is 0.350 e. The van der Waals surface area contributed by atoms with Crippen molar-refractivity contribution in [2.75, 3.05) is 0 Å².